The molecule has 164 valence electrons. The van der Waals surface area contributed by atoms with Gasteiger partial charge < -0.3 is 20.3 Å². The molecule has 1 aliphatic heterocycles. The second-order valence-corrected chi connectivity index (χ2v) is 7.79. The molecule has 0 aliphatic carbocycles. The van der Waals surface area contributed by atoms with Crippen LogP contribution in [0.1, 0.15) is 11.3 Å². The van der Waals surface area contributed by atoms with Crippen LogP contribution in [0.4, 0.5) is 11.6 Å². The van der Waals surface area contributed by atoms with Gasteiger partial charge in [-0.05, 0) is 31.2 Å². The van der Waals surface area contributed by atoms with Crippen molar-refractivity contribution in [1.82, 2.24) is 30.7 Å². The highest BCUT2D eigenvalue weighted by atomic mass is 16.5. The summed E-state index contributed by atoms with van der Waals surface area (Å²) in [6, 6.07) is 14.0. The van der Waals surface area contributed by atoms with Crippen LogP contribution < -0.4 is 20.3 Å². The van der Waals surface area contributed by atoms with Crippen LogP contribution in [0.25, 0.3) is 22.3 Å². The minimum absolute atomic E-state index is 0.568. The molecule has 3 N–H and O–H groups in total. The van der Waals surface area contributed by atoms with Crippen LogP contribution >= 0.6 is 0 Å². The number of aromatic nitrogens is 5. The maximum absolute atomic E-state index is 5.48. The quantitative estimate of drug-likeness (QED) is 0.429. The van der Waals surface area contributed by atoms with Gasteiger partial charge in [0.25, 0.3) is 0 Å². The number of aromatic amines is 1. The summed E-state index contributed by atoms with van der Waals surface area (Å²) in [4.78, 5) is 7.19. The Kier molecular flexibility index (Phi) is 5.55. The number of aryl methyl sites for hydroxylation is 1. The molecule has 2 aromatic heterocycles. The van der Waals surface area contributed by atoms with E-state index in [4.69, 9.17) is 9.72 Å². The Balaban J connectivity index is 1.49. The number of para-hydroxylation sites is 1. The summed E-state index contributed by atoms with van der Waals surface area (Å²) < 4.78 is 5.48. The standard InChI is InChI=1S/C23H26N8O/c1-15-18-13-16(7-8-19(18)28-27-15)21-26-23(31-11-9-24-10-12-31)22(30-29-21)25-14-17-5-3-4-6-20(17)32-2/h3-8,13,24H,9-12,14H2,1-2H3,(H,25,30)(H,27,28). The zero-order chi connectivity index (χ0) is 21.9. The maximum Gasteiger partial charge on any atom is 0.192 e. The number of piperazine rings is 1. The number of ether oxygens (including phenoxy) is 1. The topological polar surface area (TPSA) is 104 Å². The average molecular weight is 431 g/mol. The monoisotopic (exact) mass is 430 g/mol. The Hall–Kier alpha value is -3.72. The third-order valence-electron chi connectivity index (χ3n) is 5.73. The fourth-order valence-corrected chi connectivity index (χ4v) is 3.96. The molecule has 1 aliphatic rings. The van der Waals surface area contributed by atoms with Crippen molar-refractivity contribution in [3.05, 3.63) is 53.7 Å². The Labute approximate surface area is 186 Å². The molecule has 0 saturated carbocycles. The Morgan fingerprint density at radius 1 is 1.09 bits per heavy atom. The second-order valence-electron chi connectivity index (χ2n) is 7.79. The Morgan fingerprint density at radius 3 is 2.78 bits per heavy atom. The maximum atomic E-state index is 5.48. The van der Waals surface area contributed by atoms with E-state index in [2.05, 4.69) is 42.0 Å². The van der Waals surface area contributed by atoms with Crippen molar-refractivity contribution in [2.45, 2.75) is 13.5 Å². The van der Waals surface area contributed by atoms with Gasteiger partial charge in [0.05, 0.1) is 12.6 Å². The zero-order valence-corrected chi connectivity index (χ0v) is 18.2. The van der Waals surface area contributed by atoms with Crippen molar-refractivity contribution in [2.24, 2.45) is 0 Å². The molecule has 0 atom stereocenters. The lowest BCUT2D eigenvalue weighted by molar-refractivity contribution is 0.410. The van der Waals surface area contributed by atoms with Gasteiger partial charge >= 0.3 is 0 Å². The van der Waals surface area contributed by atoms with Crippen molar-refractivity contribution < 1.29 is 4.74 Å². The van der Waals surface area contributed by atoms with Crippen LogP contribution in [0.2, 0.25) is 0 Å². The molecular formula is C23H26N8O. The largest absolute Gasteiger partial charge is 0.496 e. The predicted octanol–water partition coefficient (Wildman–Crippen LogP) is 2.75. The lowest BCUT2D eigenvalue weighted by Gasteiger charge is -2.29. The lowest BCUT2D eigenvalue weighted by Crippen LogP contribution is -2.44. The number of anilines is 2. The van der Waals surface area contributed by atoms with Crippen LogP contribution in [0, 0.1) is 6.92 Å². The minimum Gasteiger partial charge on any atom is -0.496 e. The third-order valence-corrected chi connectivity index (χ3v) is 5.73. The van der Waals surface area contributed by atoms with Crippen LogP contribution in [-0.2, 0) is 6.54 Å². The summed E-state index contributed by atoms with van der Waals surface area (Å²) in [5.41, 5.74) is 3.92. The zero-order valence-electron chi connectivity index (χ0n) is 18.2. The van der Waals surface area contributed by atoms with E-state index in [1.165, 1.54) is 0 Å². The van der Waals surface area contributed by atoms with Gasteiger partial charge in [0, 0.05) is 54.9 Å². The molecule has 0 bridgehead atoms. The Morgan fingerprint density at radius 2 is 1.94 bits per heavy atom. The first-order valence-corrected chi connectivity index (χ1v) is 10.7. The highest BCUT2D eigenvalue weighted by Gasteiger charge is 2.20. The van der Waals surface area contributed by atoms with E-state index in [1.807, 2.05) is 43.3 Å². The summed E-state index contributed by atoms with van der Waals surface area (Å²) in [5.74, 6) is 2.92. The predicted molar refractivity (Wildman–Crippen MR) is 125 cm³/mol. The fraction of sp³-hybridized carbons (Fsp3) is 0.304. The van der Waals surface area contributed by atoms with E-state index in [0.717, 1.165) is 65.5 Å². The first-order valence-electron chi connectivity index (χ1n) is 10.7. The minimum atomic E-state index is 0.568. The van der Waals surface area contributed by atoms with Gasteiger partial charge in [-0.2, -0.15) is 5.10 Å². The number of benzene rings is 2. The molecule has 5 rings (SSSR count). The van der Waals surface area contributed by atoms with E-state index in [0.29, 0.717) is 18.2 Å². The van der Waals surface area contributed by atoms with Crippen LogP contribution in [0.5, 0.6) is 5.75 Å². The molecule has 32 heavy (non-hydrogen) atoms. The van der Waals surface area contributed by atoms with E-state index in [1.54, 1.807) is 7.11 Å². The van der Waals surface area contributed by atoms with E-state index in [9.17, 15) is 0 Å². The highest BCUT2D eigenvalue weighted by molar-refractivity contribution is 5.85. The number of nitrogens with zero attached hydrogens (tertiary/aromatic N) is 5. The molecule has 3 heterocycles. The number of hydrogen-bond acceptors (Lipinski definition) is 8. The molecule has 0 radical (unpaired) electrons. The van der Waals surface area contributed by atoms with Gasteiger partial charge in [-0.25, -0.2) is 4.98 Å². The first-order chi connectivity index (χ1) is 15.7. The van der Waals surface area contributed by atoms with Gasteiger partial charge in [0.1, 0.15) is 5.75 Å². The molecular weight excluding hydrogens is 404 g/mol. The van der Waals surface area contributed by atoms with Crippen molar-refractivity contribution in [3.8, 4) is 17.1 Å². The summed E-state index contributed by atoms with van der Waals surface area (Å²) >= 11 is 0. The van der Waals surface area contributed by atoms with E-state index >= 15 is 0 Å². The van der Waals surface area contributed by atoms with Crippen molar-refractivity contribution in [2.75, 3.05) is 43.5 Å². The molecule has 0 unspecified atom stereocenters. The van der Waals surface area contributed by atoms with Gasteiger partial charge in [0.15, 0.2) is 17.5 Å². The fourth-order valence-electron chi connectivity index (χ4n) is 3.96. The summed E-state index contributed by atoms with van der Waals surface area (Å²) in [6.07, 6.45) is 0. The van der Waals surface area contributed by atoms with Crippen LogP contribution in [0.15, 0.2) is 42.5 Å². The molecule has 0 amide bonds. The number of rotatable bonds is 6. The smallest absolute Gasteiger partial charge is 0.192 e. The molecule has 1 fully saturated rings. The summed E-state index contributed by atoms with van der Waals surface area (Å²) in [7, 11) is 1.68. The number of methoxy groups -OCH3 is 1. The first kappa shape index (κ1) is 20.2. The molecule has 1 saturated heterocycles. The number of hydrogen-bond donors (Lipinski definition) is 3. The average Bonchev–Trinajstić information content (AvgIpc) is 3.23. The van der Waals surface area contributed by atoms with Crippen LogP contribution in [0.3, 0.4) is 0 Å². The molecule has 4 aromatic rings. The van der Waals surface area contributed by atoms with Gasteiger partial charge in [-0.3, -0.25) is 5.10 Å². The highest BCUT2D eigenvalue weighted by Crippen LogP contribution is 2.28. The van der Waals surface area contributed by atoms with E-state index < -0.39 is 0 Å². The SMILES string of the molecule is COc1ccccc1CNc1nnc(-c2ccc3n[nH]c(C)c3c2)nc1N1CCNCC1. The van der Waals surface area contributed by atoms with Crippen molar-refractivity contribution >= 4 is 22.5 Å². The lowest BCUT2D eigenvalue weighted by atomic mass is 10.1. The van der Waals surface area contributed by atoms with Crippen molar-refractivity contribution in [3.63, 3.8) is 0 Å². The molecule has 9 heteroatoms. The summed E-state index contributed by atoms with van der Waals surface area (Å²) in [6.45, 7) is 6.12. The summed E-state index contributed by atoms with van der Waals surface area (Å²) in [5, 5.41) is 24.2. The third kappa shape index (κ3) is 3.94. The number of H-pyrrole nitrogens is 1. The van der Waals surface area contributed by atoms with E-state index in [-0.39, 0.29) is 0 Å². The number of nitrogens with one attached hydrogen (secondary N) is 3. The normalized spacial score (nSPS) is 14.0. The number of fused-ring (bicyclic) bond motifs is 1. The van der Waals surface area contributed by atoms with Gasteiger partial charge in [0.2, 0.25) is 0 Å². The van der Waals surface area contributed by atoms with Crippen molar-refractivity contribution in [1.29, 1.82) is 0 Å². The molecule has 9 nitrogen and oxygen atoms in total. The van der Waals surface area contributed by atoms with Gasteiger partial charge in [-0.15, -0.1) is 10.2 Å². The van der Waals surface area contributed by atoms with Crippen LogP contribution in [-0.4, -0.2) is 58.7 Å². The second kappa shape index (κ2) is 8.80. The molecule has 2 aromatic carbocycles. The Bertz CT molecular complexity index is 1230. The molecule has 0 spiro atoms. The van der Waals surface area contributed by atoms with Gasteiger partial charge in [-0.1, -0.05) is 18.2 Å².